The number of rotatable bonds is 4. The van der Waals surface area contributed by atoms with E-state index in [0.717, 1.165) is 12.0 Å². The summed E-state index contributed by atoms with van der Waals surface area (Å²) in [5.41, 5.74) is 1.14. The summed E-state index contributed by atoms with van der Waals surface area (Å²) in [7, 11) is 0. The third-order valence-corrected chi connectivity index (χ3v) is 2.79. The number of hydrogen-bond donors (Lipinski definition) is 0. The lowest BCUT2D eigenvalue weighted by atomic mass is 10.1. The van der Waals surface area contributed by atoms with Crippen LogP contribution in [0.15, 0.2) is 42.6 Å². The van der Waals surface area contributed by atoms with Crippen LogP contribution in [0.4, 0.5) is 4.79 Å². The van der Waals surface area contributed by atoms with E-state index in [1.807, 2.05) is 30.3 Å². The number of cyclic esters (lactones) is 1. The maximum absolute atomic E-state index is 11.5. The number of hydrogen-bond acceptors (Lipinski definition) is 3. The first-order valence-corrected chi connectivity index (χ1v) is 5.84. The first-order chi connectivity index (χ1) is 8.66. The highest BCUT2D eigenvalue weighted by Gasteiger charge is 2.31. The Bertz CT molecular complexity index is 467. The van der Waals surface area contributed by atoms with Gasteiger partial charge in [-0.2, -0.15) is 0 Å². The molecule has 1 heterocycles. The van der Waals surface area contributed by atoms with Crippen molar-refractivity contribution in [3.8, 4) is 0 Å². The topological polar surface area (TPSA) is 46.6 Å². The Labute approximate surface area is 106 Å². The van der Waals surface area contributed by atoms with E-state index in [4.69, 9.17) is 4.74 Å². The van der Waals surface area contributed by atoms with Gasteiger partial charge in [-0.1, -0.05) is 30.3 Å². The van der Waals surface area contributed by atoms with Gasteiger partial charge in [0.1, 0.15) is 6.61 Å². The molecule has 4 nitrogen and oxygen atoms in total. The van der Waals surface area contributed by atoms with Crippen LogP contribution in [0.2, 0.25) is 0 Å². The van der Waals surface area contributed by atoms with Gasteiger partial charge in [-0.15, -0.1) is 0 Å². The molecule has 0 spiro atoms. The summed E-state index contributed by atoms with van der Waals surface area (Å²) in [6, 6.07) is 9.85. The number of nitrogens with zero attached hydrogens (tertiary/aromatic N) is 1. The summed E-state index contributed by atoms with van der Waals surface area (Å²) >= 11 is 0. The van der Waals surface area contributed by atoms with Crippen molar-refractivity contribution in [3.05, 3.63) is 48.2 Å². The van der Waals surface area contributed by atoms with Gasteiger partial charge in [-0.05, 0) is 25.0 Å². The molecule has 1 amide bonds. The molecule has 0 aliphatic carbocycles. The largest absolute Gasteiger partial charge is 0.447 e. The van der Waals surface area contributed by atoms with E-state index in [9.17, 15) is 9.59 Å². The zero-order valence-electron chi connectivity index (χ0n) is 10.2. The number of amides is 1. The SMILES string of the molecule is CC(=O)/C=C/N1C(=O)OC[C@@H]1Cc1ccccc1. The van der Waals surface area contributed by atoms with E-state index in [2.05, 4.69) is 0 Å². The van der Waals surface area contributed by atoms with Crippen LogP contribution in [-0.2, 0) is 16.0 Å². The first-order valence-electron chi connectivity index (χ1n) is 5.84. The van der Waals surface area contributed by atoms with E-state index < -0.39 is 6.09 Å². The van der Waals surface area contributed by atoms with Crippen LogP contribution in [0, 0.1) is 0 Å². The Hall–Kier alpha value is -2.10. The maximum atomic E-state index is 11.5. The molecule has 0 bridgehead atoms. The standard InChI is InChI=1S/C14H15NO3/c1-11(16)7-8-15-13(10-18-14(15)17)9-12-5-3-2-4-6-12/h2-8,13H,9-10H2,1H3/b8-7+/t13-/m0/s1. The molecule has 0 aromatic heterocycles. The zero-order valence-corrected chi connectivity index (χ0v) is 10.2. The normalized spacial score (nSPS) is 19.3. The van der Waals surface area contributed by atoms with Gasteiger partial charge in [0.15, 0.2) is 5.78 Å². The van der Waals surface area contributed by atoms with Gasteiger partial charge in [0.05, 0.1) is 6.04 Å². The third kappa shape index (κ3) is 2.97. The quantitative estimate of drug-likeness (QED) is 0.764. The highest BCUT2D eigenvalue weighted by atomic mass is 16.6. The maximum Gasteiger partial charge on any atom is 0.414 e. The highest BCUT2D eigenvalue weighted by Crippen LogP contribution is 2.17. The second kappa shape index (κ2) is 5.49. The molecular weight excluding hydrogens is 230 g/mol. The van der Waals surface area contributed by atoms with E-state index in [0.29, 0.717) is 6.61 Å². The Morgan fingerprint density at radius 1 is 1.44 bits per heavy atom. The Kier molecular flexibility index (Phi) is 3.77. The van der Waals surface area contributed by atoms with Crippen molar-refractivity contribution in [2.45, 2.75) is 19.4 Å². The van der Waals surface area contributed by atoms with Crippen molar-refractivity contribution in [3.63, 3.8) is 0 Å². The van der Waals surface area contributed by atoms with E-state index >= 15 is 0 Å². The minimum Gasteiger partial charge on any atom is -0.447 e. The molecule has 0 N–H and O–H groups in total. The molecule has 1 aliphatic heterocycles. The fourth-order valence-corrected chi connectivity index (χ4v) is 1.88. The molecule has 0 unspecified atom stereocenters. The van der Waals surface area contributed by atoms with Crippen LogP contribution in [0.5, 0.6) is 0 Å². The minimum absolute atomic E-state index is 0.0458. The minimum atomic E-state index is -0.395. The molecule has 2 rings (SSSR count). The van der Waals surface area contributed by atoms with Gasteiger partial charge in [0.2, 0.25) is 0 Å². The number of ketones is 1. The fourth-order valence-electron chi connectivity index (χ4n) is 1.88. The molecule has 0 saturated carbocycles. The zero-order chi connectivity index (χ0) is 13.0. The number of ether oxygens (including phenoxy) is 1. The summed E-state index contributed by atoms with van der Waals surface area (Å²) in [5, 5.41) is 0. The van der Waals surface area contributed by atoms with Crippen molar-refractivity contribution in [1.82, 2.24) is 4.90 Å². The molecule has 1 fully saturated rings. The van der Waals surface area contributed by atoms with Gasteiger partial charge in [-0.3, -0.25) is 9.69 Å². The lowest BCUT2D eigenvalue weighted by Gasteiger charge is -2.16. The van der Waals surface area contributed by atoms with Gasteiger partial charge in [-0.25, -0.2) is 4.79 Å². The molecular formula is C14H15NO3. The molecule has 1 atom stereocenters. The second-order valence-corrected chi connectivity index (χ2v) is 4.25. The van der Waals surface area contributed by atoms with Crippen molar-refractivity contribution in [2.24, 2.45) is 0 Å². The summed E-state index contributed by atoms with van der Waals surface area (Å²) in [6.45, 7) is 1.81. The molecule has 0 radical (unpaired) electrons. The van der Waals surface area contributed by atoms with Crippen molar-refractivity contribution < 1.29 is 14.3 Å². The molecule has 1 aromatic rings. The summed E-state index contributed by atoms with van der Waals surface area (Å²) < 4.78 is 5.01. The van der Waals surface area contributed by atoms with Crippen LogP contribution >= 0.6 is 0 Å². The number of allylic oxidation sites excluding steroid dienone is 1. The van der Waals surface area contributed by atoms with Crippen LogP contribution < -0.4 is 0 Å². The van der Waals surface area contributed by atoms with Gasteiger partial charge >= 0.3 is 6.09 Å². The molecule has 94 valence electrons. The molecule has 1 saturated heterocycles. The van der Waals surface area contributed by atoms with Gasteiger partial charge < -0.3 is 4.74 Å². The lowest BCUT2D eigenvalue weighted by molar-refractivity contribution is -0.112. The average molecular weight is 245 g/mol. The van der Waals surface area contributed by atoms with Crippen LogP contribution in [0.3, 0.4) is 0 Å². The average Bonchev–Trinajstić information content (AvgIpc) is 2.69. The number of carbonyl (C=O) groups is 2. The van der Waals surface area contributed by atoms with E-state index in [1.54, 1.807) is 0 Å². The van der Waals surface area contributed by atoms with Crippen molar-refractivity contribution >= 4 is 11.9 Å². The summed E-state index contributed by atoms with van der Waals surface area (Å²) in [4.78, 5) is 23.9. The van der Waals surface area contributed by atoms with Gasteiger partial charge in [0, 0.05) is 6.20 Å². The van der Waals surface area contributed by atoms with Crippen LogP contribution in [0.1, 0.15) is 12.5 Å². The van der Waals surface area contributed by atoms with Crippen molar-refractivity contribution in [2.75, 3.05) is 6.61 Å². The molecule has 1 aliphatic rings. The van der Waals surface area contributed by atoms with Crippen molar-refractivity contribution in [1.29, 1.82) is 0 Å². The Morgan fingerprint density at radius 2 is 2.17 bits per heavy atom. The molecule has 1 aromatic carbocycles. The Balaban J connectivity index is 2.07. The third-order valence-electron chi connectivity index (χ3n) is 2.79. The predicted molar refractivity (Wildman–Crippen MR) is 66.9 cm³/mol. The first kappa shape index (κ1) is 12.4. The summed E-state index contributed by atoms with van der Waals surface area (Å²) in [6.07, 6.45) is 3.21. The predicted octanol–water partition coefficient (Wildman–Crippen LogP) is 2.15. The van der Waals surface area contributed by atoms with E-state index in [1.165, 1.54) is 24.1 Å². The van der Waals surface area contributed by atoms with E-state index in [-0.39, 0.29) is 11.8 Å². The second-order valence-electron chi connectivity index (χ2n) is 4.25. The van der Waals surface area contributed by atoms with Crippen LogP contribution in [0.25, 0.3) is 0 Å². The number of benzene rings is 1. The smallest absolute Gasteiger partial charge is 0.414 e. The fraction of sp³-hybridized carbons (Fsp3) is 0.286. The monoisotopic (exact) mass is 245 g/mol. The van der Waals surface area contributed by atoms with Gasteiger partial charge in [0.25, 0.3) is 0 Å². The Morgan fingerprint density at radius 3 is 2.83 bits per heavy atom. The number of carbonyl (C=O) groups excluding carboxylic acids is 2. The molecule has 18 heavy (non-hydrogen) atoms. The summed E-state index contributed by atoms with van der Waals surface area (Å²) in [5.74, 6) is -0.0897. The highest BCUT2D eigenvalue weighted by molar-refractivity contribution is 5.87. The lowest BCUT2D eigenvalue weighted by Crippen LogP contribution is -2.30. The van der Waals surface area contributed by atoms with Crippen LogP contribution in [-0.4, -0.2) is 29.4 Å². The molecule has 4 heteroatoms.